The molecule has 1 fully saturated rings. The fourth-order valence-electron chi connectivity index (χ4n) is 3.47. The van der Waals surface area contributed by atoms with Gasteiger partial charge in [0.1, 0.15) is 0 Å². The number of methoxy groups -OCH3 is 1. The van der Waals surface area contributed by atoms with Crippen molar-refractivity contribution < 1.29 is 23.4 Å². The highest BCUT2D eigenvalue weighted by Crippen LogP contribution is 2.40. The number of hydrogen-bond acceptors (Lipinski definition) is 6. The van der Waals surface area contributed by atoms with Crippen LogP contribution in [0.4, 0.5) is 4.79 Å². The number of hydrogen-bond donors (Lipinski definition) is 0. The Morgan fingerprint density at radius 1 is 1.04 bits per heavy atom. The van der Waals surface area contributed by atoms with Gasteiger partial charge in [-0.25, -0.2) is 4.79 Å². The Bertz CT molecular complexity index is 739. The second-order valence-corrected chi connectivity index (χ2v) is 12.8. The number of rotatable bonds is 5. The van der Waals surface area contributed by atoms with E-state index in [1.54, 1.807) is 0 Å². The van der Waals surface area contributed by atoms with Crippen LogP contribution in [0.3, 0.4) is 0 Å². The van der Waals surface area contributed by atoms with E-state index in [1.165, 1.54) is 29.2 Å². The lowest BCUT2D eigenvalue weighted by atomic mass is 10.2. The molecular formula is C21H26O5SSi. The van der Waals surface area contributed by atoms with Gasteiger partial charge in [-0.05, 0) is 15.4 Å². The third-order valence-electron chi connectivity index (χ3n) is 4.72. The molecule has 28 heavy (non-hydrogen) atoms. The minimum absolute atomic E-state index is 0.152. The zero-order valence-electron chi connectivity index (χ0n) is 16.6. The summed E-state index contributed by atoms with van der Waals surface area (Å²) in [6.07, 6.45) is -1.43. The maximum Gasteiger partial charge on any atom is 0.510 e. The van der Waals surface area contributed by atoms with Crippen LogP contribution in [-0.2, 0) is 18.6 Å². The van der Waals surface area contributed by atoms with Crippen molar-refractivity contribution in [1.82, 2.24) is 0 Å². The Morgan fingerprint density at radius 3 is 2.04 bits per heavy atom. The molecule has 0 spiro atoms. The van der Waals surface area contributed by atoms with Crippen LogP contribution < -0.4 is 10.4 Å². The van der Waals surface area contributed by atoms with Crippen molar-refractivity contribution in [3.05, 3.63) is 60.7 Å². The van der Waals surface area contributed by atoms with E-state index >= 15 is 0 Å². The van der Waals surface area contributed by atoms with Gasteiger partial charge in [0, 0.05) is 0 Å². The average Bonchev–Trinajstić information content (AvgIpc) is 3.13. The quantitative estimate of drug-likeness (QED) is 0.545. The summed E-state index contributed by atoms with van der Waals surface area (Å²) in [4.78, 5) is 11.4. The molecule has 2 unspecified atom stereocenters. The molecule has 2 aromatic rings. The molecule has 0 aliphatic carbocycles. The van der Waals surface area contributed by atoms with Gasteiger partial charge in [-0.2, -0.15) is 0 Å². The Kier molecular flexibility index (Phi) is 6.49. The predicted molar refractivity (Wildman–Crippen MR) is 113 cm³/mol. The molecule has 150 valence electrons. The Balaban J connectivity index is 1.97. The molecular weight excluding hydrogens is 392 g/mol. The van der Waals surface area contributed by atoms with Crippen molar-refractivity contribution in [2.45, 2.75) is 37.7 Å². The summed E-state index contributed by atoms with van der Waals surface area (Å²) >= 11 is 1.49. The van der Waals surface area contributed by atoms with Crippen molar-refractivity contribution in [1.29, 1.82) is 0 Å². The average molecular weight is 419 g/mol. The lowest BCUT2D eigenvalue weighted by molar-refractivity contribution is -0.147. The monoisotopic (exact) mass is 418 g/mol. The summed E-state index contributed by atoms with van der Waals surface area (Å²) in [6, 6.07) is 20.7. The van der Waals surface area contributed by atoms with E-state index in [4.69, 9.17) is 13.9 Å². The van der Waals surface area contributed by atoms with Crippen LogP contribution in [0.25, 0.3) is 0 Å². The van der Waals surface area contributed by atoms with E-state index < -0.39 is 26.4 Å². The highest BCUT2D eigenvalue weighted by atomic mass is 32.2. The van der Waals surface area contributed by atoms with Gasteiger partial charge in [0.05, 0.1) is 12.9 Å². The standard InChI is InChI=1S/C21H26O5SSi/c1-21(2,3)28(16-11-7-5-8-12-16,17-13-9-6-10-14-17)26-20-25-18(15-27-20)24-19(22)23-4/h5-14,18,20H,15H2,1-4H3. The first-order valence-corrected chi connectivity index (χ1v) is 12.1. The molecule has 7 heteroatoms. The van der Waals surface area contributed by atoms with Crippen molar-refractivity contribution in [3.63, 3.8) is 0 Å². The minimum Gasteiger partial charge on any atom is -0.438 e. The fraction of sp³-hybridized carbons (Fsp3) is 0.381. The van der Waals surface area contributed by atoms with Gasteiger partial charge < -0.3 is 18.6 Å². The Morgan fingerprint density at radius 2 is 1.57 bits per heavy atom. The molecule has 0 aromatic heterocycles. The normalized spacial score (nSPS) is 20.0. The third kappa shape index (κ3) is 4.27. The smallest absolute Gasteiger partial charge is 0.438 e. The van der Waals surface area contributed by atoms with Crippen LogP contribution in [0.5, 0.6) is 0 Å². The topological polar surface area (TPSA) is 54.0 Å². The molecule has 0 N–H and O–H groups in total. The number of carbonyl (C=O) groups excluding carboxylic acids is 1. The highest BCUT2D eigenvalue weighted by molar-refractivity contribution is 7.99. The van der Waals surface area contributed by atoms with Crippen LogP contribution in [0.15, 0.2) is 60.7 Å². The maximum absolute atomic E-state index is 11.4. The molecule has 1 aliphatic heterocycles. The molecule has 0 bridgehead atoms. The van der Waals surface area contributed by atoms with E-state index in [0.29, 0.717) is 5.75 Å². The van der Waals surface area contributed by atoms with E-state index in [9.17, 15) is 4.79 Å². The van der Waals surface area contributed by atoms with E-state index in [1.807, 2.05) is 36.4 Å². The van der Waals surface area contributed by atoms with Gasteiger partial charge in [-0.3, -0.25) is 0 Å². The van der Waals surface area contributed by atoms with Crippen LogP contribution in [0.1, 0.15) is 20.8 Å². The van der Waals surface area contributed by atoms with Gasteiger partial charge in [0.25, 0.3) is 8.32 Å². The molecule has 2 atom stereocenters. The first-order valence-electron chi connectivity index (χ1n) is 9.17. The van der Waals surface area contributed by atoms with Gasteiger partial charge in [0.2, 0.25) is 11.9 Å². The van der Waals surface area contributed by atoms with Crippen LogP contribution in [-0.4, -0.2) is 39.2 Å². The third-order valence-corrected chi connectivity index (χ3v) is 10.8. The van der Waals surface area contributed by atoms with Crippen LogP contribution >= 0.6 is 11.8 Å². The zero-order valence-corrected chi connectivity index (χ0v) is 18.4. The lowest BCUT2D eigenvalue weighted by Gasteiger charge is -2.44. The summed E-state index contributed by atoms with van der Waals surface area (Å²) in [5.41, 5.74) is -0.527. The molecule has 2 aromatic carbocycles. The van der Waals surface area contributed by atoms with E-state index in [2.05, 4.69) is 49.8 Å². The van der Waals surface area contributed by atoms with Crippen molar-refractivity contribution in [3.8, 4) is 0 Å². The van der Waals surface area contributed by atoms with Crippen molar-refractivity contribution in [2.24, 2.45) is 0 Å². The van der Waals surface area contributed by atoms with E-state index in [-0.39, 0.29) is 5.04 Å². The minimum atomic E-state index is -2.71. The van der Waals surface area contributed by atoms with Crippen molar-refractivity contribution in [2.75, 3.05) is 12.9 Å². The molecule has 0 amide bonds. The molecule has 3 rings (SSSR count). The first-order chi connectivity index (χ1) is 13.4. The largest absolute Gasteiger partial charge is 0.510 e. The van der Waals surface area contributed by atoms with E-state index in [0.717, 1.165) is 0 Å². The molecule has 0 saturated carbocycles. The zero-order chi connectivity index (χ0) is 20.2. The second kappa shape index (κ2) is 8.69. The van der Waals surface area contributed by atoms with Crippen LogP contribution in [0.2, 0.25) is 5.04 Å². The van der Waals surface area contributed by atoms with Gasteiger partial charge >= 0.3 is 6.16 Å². The molecule has 1 saturated heterocycles. The highest BCUT2D eigenvalue weighted by Gasteiger charge is 2.52. The van der Waals surface area contributed by atoms with Gasteiger partial charge in [-0.1, -0.05) is 93.2 Å². The van der Waals surface area contributed by atoms with Gasteiger partial charge in [0.15, 0.2) is 0 Å². The summed E-state index contributed by atoms with van der Waals surface area (Å²) < 4.78 is 22.4. The summed E-state index contributed by atoms with van der Waals surface area (Å²) in [5, 5.41) is 2.20. The second-order valence-electron chi connectivity index (χ2n) is 7.54. The maximum atomic E-state index is 11.4. The fourth-order valence-corrected chi connectivity index (χ4v) is 9.20. The van der Waals surface area contributed by atoms with Crippen LogP contribution in [0, 0.1) is 0 Å². The molecule has 5 nitrogen and oxygen atoms in total. The number of ether oxygens (including phenoxy) is 3. The molecule has 1 heterocycles. The van der Waals surface area contributed by atoms with Crippen molar-refractivity contribution >= 4 is 36.6 Å². The van der Waals surface area contributed by atoms with Gasteiger partial charge in [-0.15, -0.1) is 0 Å². The summed E-state index contributed by atoms with van der Waals surface area (Å²) in [7, 11) is -1.43. The number of thioether (sulfide) groups is 1. The number of benzene rings is 2. The predicted octanol–water partition coefficient (Wildman–Crippen LogP) is 3.72. The summed E-state index contributed by atoms with van der Waals surface area (Å²) in [6.45, 7) is 6.63. The molecule has 1 aliphatic rings. The molecule has 0 radical (unpaired) electrons. The Hall–Kier alpha value is -1.80. The first kappa shape index (κ1) is 20.9. The lowest BCUT2D eigenvalue weighted by Crippen LogP contribution is -2.67. The Labute approximate surface area is 171 Å². The summed E-state index contributed by atoms with van der Waals surface area (Å²) in [5.74, 6) is 0.498. The SMILES string of the molecule is COC(=O)OC1CSC(O[Si](c2ccccc2)(c2ccccc2)C(C)(C)C)O1. The number of carbonyl (C=O) groups is 1.